The summed E-state index contributed by atoms with van der Waals surface area (Å²) in [6, 6.07) is 0. The van der Waals surface area contributed by atoms with Gasteiger partial charge < -0.3 is 4.90 Å². The molecule has 0 heterocycles. The molecule has 2 atom stereocenters. The van der Waals surface area contributed by atoms with Gasteiger partial charge in [0.25, 0.3) is 0 Å². The molecule has 0 aliphatic carbocycles. The first-order chi connectivity index (χ1) is 6.51. The lowest BCUT2D eigenvalue weighted by Gasteiger charge is -2.27. The topological polar surface area (TPSA) is 3.24 Å². The molecule has 0 aromatic rings. The maximum absolute atomic E-state index is 3.60. The maximum atomic E-state index is 3.60. The molecule has 0 aliphatic heterocycles. The van der Waals surface area contributed by atoms with Crippen molar-refractivity contribution >= 4 is 15.9 Å². The van der Waals surface area contributed by atoms with E-state index in [4.69, 9.17) is 0 Å². The fourth-order valence-electron chi connectivity index (χ4n) is 1.57. The largest absolute Gasteiger partial charge is 0.306 e. The van der Waals surface area contributed by atoms with Crippen LogP contribution in [0.5, 0.6) is 0 Å². The highest BCUT2D eigenvalue weighted by molar-refractivity contribution is 9.09. The van der Waals surface area contributed by atoms with Crippen LogP contribution in [-0.4, -0.2) is 30.4 Å². The summed E-state index contributed by atoms with van der Waals surface area (Å²) < 4.78 is 0. The molecule has 0 rings (SSSR count). The van der Waals surface area contributed by atoms with Gasteiger partial charge in [0.05, 0.1) is 0 Å². The van der Waals surface area contributed by atoms with E-state index >= 15 is 0 Å². The van der Waals surface area contributed by atoms with Crippen molar-refractivity contribution < 1.29 is 0 Å². The van der Waals surface area contributed by atoms with Gasteiger partial charge in [0.15, 0.2) is 0 Å². The van der Waals surface area contributed by atoms with Crippen molar-refractivity contribution in [1.82, 2.24) is 4.90 Å². The molecule has 1 nitrogen and oxygen atoms in total. The molecule has 0 fully saturated rings. The number of halogens is 1. The standard InChI is InChI=1S/C12H26BrN/c1-6-11(4)8-14(5)9-12(7-13)10(2)3/h10-12H,6-9H2,1-5H3. The first kappa shape index (κ1) is 14.4. The summed E-state index contributed by atoms with van der Waals surface area (Å²) in [4.78, 5) is 2.47. The Bertz CT molecular complexity index is 136. The normalized spacial score (nSPS) is 16.3. The third-order valence-electron chi connectivity index (χ3n) is 3.01. The molecular weight excluding hydrogens is 238 g/mol. The molecule has 0 saturated carbocycles. The van der Waals surface area contributed by atoms with Crippen LogP contribution in [0.1, 0.15) is 34.1 Å². The number of rotatable bonds is 7. The SMILES string of the molecule is CCC(C)CN(C)CC(CBr)C(C)C. The van der Waals surface area contributed by atoms with Crippen LogP contribution in [0.25, 0.3) is 0 Å². The monoisotopic (exact) mass is 263 g/mol. The smallest absolute Gasteiger partial charge is 0.00743 e. The molecular formula is C12H26BrN. The third-order valence-corrected chi connectivity index (χ3v) is 3.84. The van der Waals surface area contributed by atoms with Crippen molar-refractivity contribution in [1.29, 1.82) is 0 Å². The molecule has 2 unspecified atom stereocenters. The zero-order valence-corrected chi connectivity index (χ0v) is 12.0. The molecule has 0 amide bonds. The van der Waals surface area contributed by atoms with E-state index in [1.807, 2.05) is 0 Å². The van der Waals surface area contributed by atoms with Gasteiger partial charge in [-0.3, -0.25) is 0 Å². The molecule has 86 valence electrons. The van der Waals surface area contributed by atoms with Crippen LogP contribution < -0.4 is 0 Å². The molecule has 0 aliphatic rings. The van der Waals surface area contributed by atoms with E-state index in [1.54, 1.807) is 0 Å². The van der Waals surface area contributed by atoms with Crippen molar-refractivity contribution in [3.8, 4) is 0 Å². The lowest BCUT2D eigenvalue weighted by atomic mass is 9.97. The highest BCUT2D eigenvalue weighted by atomic mass is 79.9. The lowest BCUT2D eigenvalue weighted by molar-refractivity contribution is 0.225. The van der Waals surface area contributed by atoms with Crippen molar-refractivity contribution in [2.75, 3.05) is 25.5 Å². The Labute approximate surface area is 98.4 Å². The van der Waals surface area contributed by atoms with E-state index in [0.29, 0.717) is 0 Å². The molecule has 14 heavy (non-hydrogen) atoms. The first-order valence-corrected chi connectivity index (χ1v) is 6.87. The van der Waals surface area contributed by atoms with Gasteiger partial charge in [-0.25, -0.2) is 0 Å². The molecule has 0 N–H and O–H groups in total. The Morgan fingerprint density at radius 1 is 1.14 bits per heavy atom. The minimum Gasteiger partial charge on any atom is -0.306 e. The van der Waals surface area contributed by atoms with Crippen molar-refractivity contribution in [3.63, 3.8) is 0 Å². The number of hydrogen-bond acceptors (Lipinski definition) is 1. The summed E-state index contributed by atoms with van der Waals surface area (Å²) in [7, 11) is 2.24. The fourth-order valence-corrected chi connectivity index (χ4v) is 2.53. The van der Waals surface area contributed by atoms with E-state index in [2.05, 4.69) is 55.6 Å². The highest BCUT2D eigenvalue weighted by Gasteiger charge is 2.15. The molecule has 0 radical (unpaired) electrons. The Morgan fingerprint density at radius 2 is 1.71 bits per heavy atom. The van der Waals surface area contributed by atoms with E-state index in [-0.39, 0.29) is 0 Å². The van der Waals surface area contributed by atoms with Gasteiger partial charge in [0, 0.05) is 18.4 Å². The zero-order valence-electron chi connectivity index (χ0n) is 10.4. The second-order valence-corrected chi connectivity index (χ2v) is 5.54. The Morgan fingerprint density at radius 3 is 2.07 bits per heavy atom. The average Bonchev–Trinajstić information content (AvgIpc) is 2.13. The van der Waals surface area contributed by atoms with Crippen molar-refractivity contribution in [2.45, 2.75) is 34.1 Å². The van der Waals surface area contributed by atoms with E-state index in [0.717, 1.165) is 23.1 Å². The van der Waals surface area contributed by atoms with Gasteiger partial charge in [0.1, 0.15) is 0 Å². The summed E-state index contributed by atoms with van der Waals surface area (Å²) in [6.07, 6.45) is 1.28. The quantitative estimate of drug-likeness (QED) is 0.635. The Balaban J connectivity index is 3.84. The molecule has 0 spiro atoms. The molecule has 2 heteroatoms. The number of hydrogen-bond donors (Lipinski definition) is 0. The summed E-state index contributed by atoms with van der Waals surface area (Å²) in [5, 5.41) is 1.12. The van der Waals surface area contributed by atoms with Crippen LogP contribution in [-0.2, 0) is 0 Å². The molecule has 0 aromatic heterocycles. The van der Waals surface area contributed by atoms with Gasteiger partial charge in [-0.2, -0.15) is 0 Å². The van der Waals surface area contributed by atoms with Crippen LogP contribution in [0.4, 0.5) is 0 Å². The molecule has 0 bridgehead atoms. The molecule has 0 aromatic carbocycles. The second-order valence-electron chi connectivity index (χ2n) is 4.89. The van der Waals surface area contributed by atoms with Crippen molar-refractivity contribution in [3.05, 3.63) is 0 Å². The Hall–Kier alpha value is 0.440. The molecule has 0 saturated heterocycles. The summed E-state index contributed by atoms with van der Waals surface area (Å²) >= 11 is 3.60. The van der Waals surface area contributed by atoms with Gasteiger partial charge in [0.2, 0.25) is 0 Å². The van der Waals surface area contributed by atoms with Gasteiger partial charge >= 0.3 is 0 Å². The second kappa shape index (κ2) is 7.70. The third kappa shape index (κ3) is 6.02. The fraction of sp³-hybridized carbons (Fsp3) is 1.00. The summed E-state index contributed by atoms with van der Waals surface area (Å²) in [5.74, 6) is 2.38. The van der Waals surface area contributed by atoms with Crippen LogP contribution in [0, 0.1) is 17.8 Å². The van der Waals surface area contributed by atoms with Gasteiger partial charge in [-0.15, -0.1) is 0 Å². The van der Waals surface area contributed by atoms with E-state index in [9.17, 15) is 0 Å². The summed E-state index contributed by atoms with van der Waals surface area (Å²) in [5.41, 5.74) is 0. The van der Waals surface area contributed by atoms with Gasteiger partial charge in [-0.1, -0.05) is 50.0 Å². The van der Waals surface area contributed by atoms with Crippen LogP contribution in [0.2, 0.25) is 0 Å². The predicted octanol–water partition coefficient (Wildman–Crippen LogP) is 3.63. The number of alkyl halides is 1. The van der Waals surface area contributed by atoms with Crippen molar-refractivity contribution in [2.24, 2.45) is 17.8 Å². The highest BCUT2D eigenvalue weighted by Crippen LogP contribution is 2.15. The lowest BCUT2D eigenvalue weighted by Crippen LogP contribution is -2.32. The minimum absolute atomic E-state index is 0.772. The maximum Gasteiger partial charge on any atom is 0.00743 e. The van der Waals surface area contributed by atoms with Crippen LogP contribution in [0.15, 0.2) is 0 Å². The van der Waals surface area contributed by atoms with E-state index < -0.39 is 0 Å². The minimum atomic E-state index is 0.772. The van der Waals surface area contributed by atoms with E-state index in [1.165, 1.54) is 19.5 Å². The van der Waals surface area contributed by atoms with Gasteiger partial charge in [-0.05, 0) is 24.8 Å². The van der Waals surface area contributed by atoms with Crippen LogP contribution >= 0.6 is 15.9 Å². The van der Waals surface area contributed by atoms with Crippen LogP contribution in [0.3, 0.4) is 0 Å². The number of nitrogens with zero attached hydrogens (tertiary/aromatic N) is 1. The predicted molar refractivity (Wildman–Crippen MR) is 69.1 cm³/mol. The first-order valence-electron chi connectivity index (χ1n) is 5.75. The average molecular weight is 264 g/mol. The summed E-state index contributed by atoms with van der Waals surface area (Å²) in [6.45, 7) is 11.7. The Kier molecular flexibility index (Phi) is 7.94. The zero-order chi connectivity index (χ0) is 11.1.